The molecule has 2 aromatic carbocycles. The van der Waals surface area contributed by atoms with E-state index >= 15 is 0 Å². The van der Waals surface area contributed by atoms with Crippen LogP contribution in [0.2, 0.25) is 0 Å². The molecule has 0 aliphatic heterocycles. The van der Waals surface area contributed by atoms with Crippen LogP contribution in [0.1, 0.15) is 31.9 Å². The predicted molar refractivity (Wildman–Crippen MR) is 108 cm³/mol. The third kappa shape index (κ3) is 6.08. The van der Waals surface area contributed by atoms with E-state index in [9.17, 15) is 4.79 Å². The molecule has 0 spiro atoms. The number of nitrogens with one attached hydrogen (secondary N) is 1. The summed E-state index contributed by atoms with van der Waals surface area (Å²) in [4.78, 5) is 13.2. The monoisotopic (exact) mass is 421 g/mol. The van der Waals surface area contributed by atoms with Gasteiger partial charge in [-0.15, -0.1) is 11.8 Å². The first-order valence-corrected chi connectivity index (χ1v) is 10.1. The van der Waals surface area contributed by atoms with E-state index in [2.05, 4.69) is 54.2 Å². The van der Waals surface area contributed by atoms with Crippen LogP contribution in [0.15, 0.2) is 51.8 Å². The molecule has 3 nitrogen and oxygen atoms in total. The number of carbonyl (C=O) groups is 1. The van der Waals surface area contributed by atoms with E-state index in [1.54, 1.807) is 11.8 Å². The fourth-order valence-corrected chi connectivity index (χ4v) is 3.12. The number of carbonyl (C=O) groups excluding carboxylic acids is 1. The Morgan fingerprint density at radius 1 is 1.16 bits per heavy atom. The zero-order chi connectivity index (χ0) is 18.4. The van der Waals surface area contributed by atoms with Gasteiger partial charge in [0.1, 0.15) is 5.75 Å². The van der Waals surface area contributed by atoms with Gasteiger partial charge in [0.05, 0.1) is 4.47 Å². The third-order valence-electron chi connectivity index (χ3n) is 3.81. The minimum absolute atomic E-state index is 0.00361. The van der Waals surface area contributed by atoms with Crippen molar-refractivity contribution < 1.29 is 9.53 Å². The smallest absolute Gasteiger partial charge is 0.258 e. The van der Waals surface area contributed by atoms with Crippen LogP contribution in [-0.4, -0.2) is 18.8 Å². The van der Waals surface area contributed by atoms with Crippen molar-refractivity contribution in [2.24, 2.45) is 0 Å². The molecule has 0 aliphatic rings. The number of hydrogen-bond acceptors (Lipinski definition) is 3. The highest BCUT2D eigenvalue weighted by atomic mass is 79.9. The Morgan fingerprint density at radius 2 is 1.84 bits per heavy atom. The van der Waals surface area contributed by atoms with Gasteiger partial charge >= 0.3 is 0 Å². The predicted octanol–water partition coefficient (Wildman–Crippen LogP) is 5.16. The number of thioether (sulfide) groups is 1. The van der Waals surface area contributed by atoms with Crippen molar-refractivity contribution in [1.82, 2.24) is 5.32 Å². The molecule has 1 amide bonds. The van der Waals surface area contributed by atoms with Gasteiger partial charge in [0, 0.05) is 11.4 Å². The maximum absolute atomic E-state index is 12.0. The van der Waals surface area contributed by atoms with Crippen molar-refractivity contribution in [2.45, 2.75) is 37.6 Å². The Kier molecular flexibility index (Phi) is 6.96. The lowest BCUT2D eigenvalue weighted by atomic mass is 9.87. The zero-order valence-electron chi connectivity index (χ0n) is 15.1. The Bertz CT molecular complexity index is 723. The van der Waals surface area contributed by atoms with E-state index < -0.39 is 0 Å². The first-order valence-electron chi connectivity index (χ1n) is 8.12. The van der Waals surface area contributed by atoms with E-state index in [1.807, 2.05) is 36.6 Å². The Labute approximate surface area is 162 Å². The van der Waals surface area contributed by atoms with E-state index in [1.165, 1.54) is 10.5 Å². The summed E-state index contributed by atoms with van der Waals surface area (Å²) in [6.07, 6.45) is 2.04. The van der Waals surface area contributed by atoms with Crippen LogP contribution >= 0.6 is 27.7 Å². The lowest BCUT2D eigenvalue weighted by molar-refractivity contribution is -0.123. The van der Waals surface area contributed by atoms with Crippen molar-refractivity contribution in [3.63, 3.8) is 0 Å². The summed E-state index contributed by atoms with van der Waals surface area (Å²) in [5.41, 5.74) is 2.36. The molecule has 0 aliphatic carbocycles. The quantitative estimate of drug-likeness (QED) is 0.654. The molecule has 1 N–H and O–H groups in total. The molecule has 0 fully saturated rings. The van der Waals surface area contributed by atoms with Crippen LogP contribution in [0.5, 0.6) is 5.75 Å². The number of halogens is 1. The van der Waals surface area contributed by atoms with Gasteiger partial charge < -0.3 is 10.1 Å². The fourth-order valence-electron chi connectivity index (χ4n) is 2.22. The average molecular weight is 422 g/mol. The summed E-state index contributed by atoms with van der Waals surface area (Å²) in [6, 6.07) is 14.1. The highest BCUT2D eigenvalue weighted by molar-refractivity contribution is 9.10. The molecule has 0 radical (unpaired) electrons. The number of rotatable bonds is 6. The summed E-state index contributed by atoms with van der Waals surface area (Å²) in [5, 5.41) is 2.88. The summed E-state index contributed by atoms with van der Waals surface area (Å²) in [7, 11) is 0. The Balaban J connectivity index is 1.85. The van der Waals surface area contributed by atoms with Gasteiger partial charge in [0.15, 0.2) is 6.61 Å². The van der Waals surface area contributed by atoms with E-state index in [0.29, 0.717) is 12.3 Å². The van der Waals surface area contributed by atoms with Crippen molar-refractivity contribution in [3.05, 3.63) is 58.1 Å². The lowest BCUT2D eigenvalue weighted by Crippen LogP contribution is -2.28. The second kappa shape index (κ2) is 8.77. The highest BCUT2D eigenvalue weighted by Crippen LogP contribution is 2.31. The van der Waals surface area contributed by atoms with Crippen LogP contribution in [0.25, 0.3) is 0 Å². The van der Waals surface area contributed by atoms with Crippen molar-refractivity contribution in [2.75, 3.05) is 12.9 Å². The minimum Gasteiger partial charge on any atom is -0.483 e. The largest absolute Gasteiger partial charge is 0.483 e. The average Bonchev–Trinajstić information content (AvgIpc) is 2.58. The molecular weight excluding hydrogens is 398 g/mol. The fraction of sp³-hybridized carbons (Fsp3) is 0.350. The van der Waals surface area contributed by atoms with Crippen LogP contribution in [0.3, 0.4) is 0 Å². The summed E-state index contributed by atoms with van der Waals surface area (Å²) >= 11 is 5.22. The molecule has 0 bridgehead atoms. The Morgan fingerprint density at radius 3 is 2.40 bits per heavy atom. The van der Waals surface area contributed by atoms with Gasteiger partial charge in [-0.2, -0.15) is 0 Å². The summed E-state index contributed by atoms with van der Waals surface area (Å²) < 4.78 is 6.49. The summed E-state index contributed by atoms with van der Waals surface area (Å²) in [6.45, 7) is 6.98. The normalized spacial score (nSPS) is 11.2. The first-order chi connectivity index (χ1) is 11.8. The highest BCUT2D eigenvalue weighted by Gasteiger charge is 2.15. The minimum atomic E-state index is -0.138. The van der Waals surface area contributed by atoms with Gasteiger partial charge in [-0.25, -0.2) is 0 Å². The van der Waals surface area contributed by atoms with E-state index in [4.69, 9.17) is 4.74 Å². The molecule has 0 heterocycles. The van der Waals surface area contributed by atoms with Crippen molar-refractivity contribution >= 4 is 33.6 Å². The third-order valence-corrected chi connectivity index (χ3v) is 5.17. The Hall–Kier alpha value is -1.46. The van der Waals surface area contributed by atoms with Gasteiger partial charge in [0.25, 0.3) is 5.91 Å². The zero-order valence-corrected chi connectivity index (χ0v) is 17.5. The molecule has 0 atom stereocenters. The summed E-state index contributed by atoms with van der Waals surface area (Å²) in [5.74, 6) is 0.535. The molecule has 134 valence electrons. The SMILES string of the molecule is CSc1ccc(CNC(=O)COc2ccc(C(C)(C)C)cc2Br)cc1. The molecule has 0 unspecified atom stereocenters. The molecule has 2 rings (SSSR count). The van der Waals surface area contributed by atoms with Crippen LogP contribution in [-0.2, 0) is 16.8 Å². The standard InChI is InChI=1S/C20H24BrNO2S/c1-20(2,3)15-7-10-18(17(21)11-15)24-13-19(23)22-12-14-5-8-16(25-4)9-6-14/h5-11H,12-13H2,1-4H3,(H,22,23). The topological polar surface area (TPSA) is 38.3 Å². The number of benzene rings is 2. The van der Waals surface area contributed by atoms with Crippen LogP contribution in [0, 0.1) is 0 Å². The van der Waals surface area contributed by atoms with Crippen LogP contribution in [0.4, 0.5) is 0 Å². The van der Waals surface area contributed by atoms with Gasteiger partial charge in [0.2, 0.25) is 0 Å². The maximum atomic E-state index is 12.0. The van der Waals surface area contributed by atoms with Gasteiger partial charge in [-0.1, -0.05) is 39.0 Å². The molecule has 0 aromatic heterocycles. The number of hydrogen-bond donors (Lipinski definition) is 1. The molecule has 25 heavy (non-hydrogen) atoms. The molecule has 0 saturated heterocycles. The first kappa shape index (κ1) is 19.9. The van der Waals surface area contributed by atoms with Gasteiger partial charge in [-0.05, 0) is 63.0 Å². The molecule has 5 heteroatoms. The van der Waals surface area contributed by atoms with E-state index in [0.717, 1.165) is 10.0 Å². The van der Waals surface area contributed by atoms with E-state index in [-0.39, 0.29) is 17.9 Å². The molecular formula is C20H24BrNO2S. The lowest BCUT2D eigenvalue weighted by Gasteiger charge is -2.20. The van der Waals surface area contributed by atoms with Crippen molar-refractivity contribution in [3.8, 4) is 5.75 Å². The second-order valence-electron chi connectivity index (χ2n) is 6.81. The second-order valence-corrected chi connectivity index (χ2v) is 8.54. The number of ether oxygens (including phenoxy) is 1. The van der Waals surface area contributed by atoms with Gasteiger partial charge in [-0.3, -0.25) is 4.79 Å². The molecule has 0 saturated carbocycles. The molecule has 2 aromatic rings. The number of amides is 1. The maximum Gasteiger partial charge on any atom is 0.258 e. The van der Waals surface area contributed by atoms with Crippen LogP contribution < -0.4 is 10.1 Å². The van der Waals surface area contributed by atoms with Crippen molar-refractivity contribution in [1.29, 1.82) is 0 Å².